The molecule has 6 nitrogen and oxygen atoms in total. The Bertz CT molecular complexity index is 864. The summed E-state index contributed by atoms with van der Waals surface area (Å²) in [5.41, 5.74) is -0.0346. The molecule has 1 N–H and O–H groups in total. The van der Waals surface area contributed by atoms with Crippen LogP contribution in [0.3, 0.4) is 0 Å². The molecule has 7 heteroatoms. The van der Waals surface area contributed by atoms with Gasteiger partial charge in [0.1, 0.15) is 5.41 Å². The largest absolute Gasteiger partial charge is 0.468 e. The van der Waals surface area contributed by atoms with Crippen LogP contribution in [0.25, 0.3) is 0 Å². The van der Waals surface area contributed by atoms with E-state index in [2.05, 4.69) is 21.2 Å². The molecule has 0 unspecified atom stereocenters. The Hall–Kier alpha value is -2.67. The number of benzene rings is 2. The molecule has 1 aliphatic rings. The molecule has 134 valence electrons. The van der Waals surface area contributed by atoms with E-state index >= 15 is 0 Å². The molecule has 0 radical (unpaired) electrons. The molecule has 2 aromatic rings. The third-order valence-electron chi connectivity index (χ3n) is 4.56. The molecule has 2 aromatic carbocycles. The van der Waals surface area contributed by atoms with Crippen LogP contribution in [0.4, 0.5) is 5.69 Å². The summed E-state index contributed by atoms with van der Waals surface area (Å²) in [5, 5.41) is 2.77. The summed E-state index contributed by atoms with van der Waals surface area (Å²) in [6.45, 7) is 0. The van der Waals surface area contributed by atoms with Crippen molar-refractivity contribution in [2.45, 2.75) is 5.41 Å². The number of hydrogen-bond donors (Lipinski definition) is 1. The van der Waals surface area contributed by atoms with E-state index in [1.54, 1.807) is 48.5 Å². The van der Waals surface area contributed by atoms with Crippen LogP contribution in [0.5, 0.6) is 0 Å². The Morgan fingerprint density at radius 1 is 1.00 bits per heavy atom. The molecular formula is C19H16BrNO5. The lowest BCUT2D eigenvalue weighted by molar-refractivity contribution is -0.163. The lowest BCUT2D eigenvalue weighted by Crippen LogP contribution is -2.50. The number of anilines is 1. The predicted molar refractivity (Wildman–Crippen MR) is 97.5 cm³/mol. The Morgan fingerprint density at radius 3 is 2.15 bits per heavy atom. The molecule has 0 saturated carbocycles. The van der Waals surface area contributed by atoms with Crippen LogP contribution < -0.4 is 5.32 Å². The summed E-state index contributed by atoms with van der Waals surface area (Å²) in [6, 6.07) is 13.8. The van der Waals surface area contributed by atoms with Crippen LogP contribution in [0.2, 0.25) is 0 Å². The third kappa shape index (κ3) is 2.59. The Kier molecular flexibility index (Phi) is 4.82. The highest BCUT2D eigenvalue weighted by Crippen LogP contribution is 2.48. The highest BCUT2D eigenvalue weighted by molar-refractivity contribution is 9.10. The summed E-state index contributed by atoms with van der Waals surface area (Å²) in [4.78, 5) is 38.4. The van der Waals surface area contributed by atoms with Crippen LogP contribution in [-0.2, 0) is 29.3 Å². The maximum absolute atomic E-state index is 13.2. The number of methoxy groups -OCH3 is 2. The van der Waals surface area contributed by atoms with Crippen molar-refractivity contribution in [3.8, 4) is 0 Å². The predicted octanol–water partition coefficient (Wildman–Crippen LogP) is 2.65. The van der Waals surface area contributed by atoms with Crippen molar-refractivity contribution < 1.29 is 23.9 Å². The van der Waals surface area contributed by atoms with Gasteiger partial charge in [0.05, 0.1) is 14.2 Å². The Labute approximate surface area is 158 Å². The van der Waals surface area contributed by atoms with E-state index in [9.17, 15) is 14.4 Å². The van der Waals surface area contributed by atoms with Gasteiger partial charge >= 0.3 is 11.9 Å². The first-order valence-electron chi connectivity index (χ1n) is 7.79. The molecule has 26 heavy (non-hydrogen) atoms. The average molecular weight is 418 g/mol. The number of carbonyl (C=O) groups excluding carboxylic acids is 3. The molecule has 1 amide bonds. The maximum Gasteiger partial charge on any atom is 0.321 e. The van der Waals surface area contributed by atoms with Crippen LogP contribution in [-0.4, -0.2) is 32.1 Å². The Morgan fingerprint density at radius 2 is 1.58 bits per heavy atom. The van der Waals surface area contributed by atoms with Crippen molar-refractivity contribution >= 4 is 39.5 Å². The van der Waals surface area contributed by atoms with Crippen LogP contribution in [0, 0.1) is 5.92 Å². The van der Waals surface area contributed by atoms with Crippen molar-refractivity contribution in [1.82, 2.24) is 0 Å². The number of halogens is 1. The highest BCUT2D eigenvalue weighted by atomic mass is 79.9. The van der Waals surface area contributed by atoms with Gasteiger partial charge < -0.3 is 14.8 Å². The molecule has 0 aromatic heterocycles. The van der Waals surface area contributed by atoms with Gasteiger partial charge in [-0.25, -0.2) is 0 Å². The van der Waals surface area contributed by atoms with Gasteiger partial charge in [0, 0.05) is 10.2 Å². The van der Waals surface area contributed by atoms with Gasteiger partial charge in [-0.3, -0.25) is 14.4 Å². The topological polar surface area (TPSA) is 81.7 Å². The zero-order valence-corrected chi connectivity index (χ0v) is 15.7. The second-order valence-corrected chi connectivity index (χ2v) is 6.71. The number of rotatable bonds is 4. The lowest BCUT2D eigenvalue weighted by atomic mass is 9.66. The summed E-state index contributed by atoms with van der Waals surface area (Å²) in [5.74, 6) is -3.65. The standard InChI is InChI=1S/C19H16BrNO5/c1-25-16(22)15(17(23)26-2)19(11-7-9-12(20)10-8-11)13-5-3-4-6-14(13)21-18(19)24/h3-10,15H,1-2H3,(H,21,24)/t19-/m0/s1. The van der Waals surface area contributed by atoms with Crippen molar-refractivity contribution in [3.05, 3.63) is 64.1 Å². The first-order chi connectivity index (χ1) is 12.5. The molecular weight excluding hydrogens is 402 g/mol. The minimum atomic E-state index is -1.59. The second kappa shape index (κ2) is 6.92. The molecule has 0 spiro atoms. The fourth-order valence-corrected chi connectivity index (χ4v) is 3.68. The number of carbonyl (C=O) groups is 3. The fraction of sp³-hybridized carbons (Fsp3) is 0.211. The van der Waals surface area contributed by atoms with Crippen molar-refractivity contribution in [2.24, 2.45) is 5.92 Å². The van der Waals surface area contributed by atoms with E-state index in [0.717, 1.165) is 4.47 Å². The van der Waals surface area contributed by atoms with E-state index in [0.29, 0.717) is 16.8 Å². The molecule has 1 heterocycles. The minimum Gasteiger partial charge on any atom is -0.468 e. The number of para-hydroxylation sites is 1. The molecule has 0 saturated heterocycles. The van der Waals surface area contributed by atoms with Crippen LogP contribution in [0.15, 0.2) is 53.0 Å². The third-order valence-corrected chi connectivity index (χ3v) is 5.09. The summed E-state index contributed by atoms with van der Waals surface area (Å²) < 4.78 is 10.5. The van der Waals surface area contributed by atoms with Gasteiger partial charge in [-0.15, -0.1) is 0 Å². The summed E-state index contributed by atoms with van der Waals surface area (Å²) >= 11 is 3.36. The molecule has 0 fully saturated rings. The zero-order chi connectivity index (χ0) is 18.9. The molecule has 3 rings (SSSR count). The highest BCUT2D eigenvalue weighted by Gasteiger charge is 2.60. The average Bonchev–Trinajstić information content (AvgIpc) is 2.95. The number of fused-ring (bicyclic) bond motifs is 1. The van der Waals surface area contributed by atoms with E-state index in [-0.39, 0.29) is 0 Å². The number of nitrogens with one attached hydrogen (secondary N) is 1. The lowest BCUT2D eigenvalue weighted by Gasteiger charge is -2.33. The van der Waals surface area contributed by atoms with E-state index in [4.69, 9.17) is 9.47 Å². The fourth-order valence-electron chi connectivity index (χ4n) is 3.42. The van der Waals surface area contributed by atoms with Crippen LogP contribution >= 0.6 is 15.9 Å². The Balaban J connectivity index is 2.37. The molecule has 1 aliphatic heterocycles. The van der Waals surface area contributed by atoms with E-state index in [1.165, 1.54) is 14.2 Å². The number of esters is 2. The van der Waals surface area contributed by atoms with Gasteiger partial charge in [-0.1, -0.05) is 46.3 Å². The quantitative estimate of drug-likeness (QED) is 0.610. The molecule has 0 bridgehead atoms. The number of hydrogen-bond acceptors (Lipinski definition) is 5. The van der Waals surface area contributed by atoms with Gasteiger partial charge in [-0.2, -0.15) is 0 Å². The normalized spacial score (nSPS) is 18.2. The summed E-state index contributed by atoms with van der Waals surface area (Å²) in [6.07, 6.45) is 0. The SMILES string of the molecule is COC(=O)C(C(=O)OC)[C@@]1(c2ccc(Br)cc2)C(=O)Nc2ccccc21. The van der Waals surface area contributed by atoms with Crippen LogP contribution in [0.1, 0.15) is 11.1 Å². The van der Waals surface area contributed by atoms with Crippen molar-refractivity contribution in [3.63, 3.8) is 0 Å². The number of amides is 1. The first-order valence-corrected chi connectivity index (χ1v) is 8.58. The minimum absolute atomic E-state index is 0.484. The number of ether oxygens (including phenoxy) is 2. The monoisotopic (exact) mass is 417 g/mol. The van der Waals surface area contributed by atoms with Gasteiger partial charge in [0.2, 0.25) is 5.91 Å². The van der Waals surface area contributed by atoms with Gasteiger partial charge in [-0.05, 0) is 29.3 Å². The van der Waals surface area contributed by atoms with Gasteiger partial charge in [0.25, 0.3) is 0 Å². The first kappa shape index (κ1) is 18.1. The van der Waals surface area contributed by atoms with Crippen molar-refractivity contribution in [2.75, 3.05) is 19.5 Å². The van der Waals surface area contributed by atoms with Crippen molar-refractivity contribution in [1.29, 1.82) is 0 Å². The second-order valence-electron chi connectivity index (χ2n) is 5.79. The zero-order valence-electron chi connectivity index (χ0n) is 14.1. The van der Waals surface area contributed by atoms with E-state index in [1.807, 2.05) is 0 Å². The molecule has 1 atom stereocenters. The van der Waals surface area contributed by atoms with Gasteiger partial charge in [0.15, 0.2) is 5.92 Å². The molecule has 0 aliphatic carbocycles. The summed E-state index contributed by atoms with van der Waals surface area (Å²) in [7, 11) is 2.35. The maximum atomic E-state index is 13.2. The van der Waals surface area contributed by atoms with E-state index < -0.39 is 29.2 Å². The smallest absolute Gasteiger partial charge is 0.321 e.